The number of benzene rings is 2. The number of rotatable bonds is 7. The van der Waals surface area contributed by atoms with Crippen molar-refractivity contribution in [1.29, 1.82) is 0 Å². The van der Waals surface area contributed by atoms with E-state index in [2.05, 4.69) is 26.0 Å². The van der Waals surface area contributed by atoms with Gasteiger partial charge in [0.15, 0.2) is 5.17 Å². The predicted octanol–water partition coefficient (Wildman–Crippen LogP) is 4.92. The molecule has 0 unspecified atom stereocenters. The molecule has 1 saturated heterocycles. The van der Waals surface area contributed by atoms with Gasteiger partial charge in [0.05, 0.1) is 12.8 Å². The molecule has 0 atom stereocenters. The van der Waals surface area contributed by atoms with Gasteiger partial charge < -0.3 is 9.64 Å². The van der Waals surface area contributed by atoms with Crippen molar-refractivity contribution in [3.05, 3.63) is 65.4 Å². The molecule has 2 aromatic rings. The zero-order valence-corrected chi connectivity index (χ0v) is 20.1. The predicted molar refractivity (Wildman–Crippen MR) is 135 cm³/mol. The van der Waals surface area contributed by atoms with Crippen molar-refractivity contribution in [3.63, 3.8) is 0 Å². The van der Waals surface area contributed by atoms with Gasteiger partial charge in [0, 0.05) is 31.3 Å². The lowest BCUT2D eigenvalue weighted by Crippen LogP contribution is -2.32. The van der Waals surface area contributed by atoms with E-state index in [0.29, 0.717) is 46.9 Å². The van der Waals surface area contributed by atoms with Crippen molar-refractivity contribution in [2.75, 3.05) is 30.9 Å². The van der Waals surface area contributed by atoms with Gasteiger partial charge >= 0.3 is 0 Å². The first-order valence-corrected chi connectivity index (χ1v) is 12.2. The number of aliphatic imine (C=N–C) groups is 1. The van der Waals surface area contributed by atoms with Crippen LogP contribution in [0.2, 0.25) is 0 Å². The molecule has 2 aliphatic heterocycles. The fourth-order valence-corrected chi connectivity index (χ4v) is 4.87. The van der Waals surface area contributed by atoms with E-state index in [1.54, 1.807) is 12.0 Å². The maximum absolute atomic E-state index is 13.4. The van der Waals surface area contributed by atoms with Crippen LogP contribution in [0.1, 0.15) is 43.7 Å². The Balaban J connectivity index is 1.59. The van der Waals surface area contributed by atoms with E-state index in [1.165, 1.54) is 17.3 Å². The minimum Gasteiger partial charge on any atom is -0.497 e. The Hall–Kier alpha value is -3.06. The molecule has 6 nitrogen and oxygen atoms in total. The zero-order chi connectivity index (χ0) is 23.4. The van der Waals surface area contributed by atoms with Crippen LogP contribution < -0.4 is 9.64 Å². The molecule has 172 valence electrons. The van der Waals surface area contributed by atoms with Gasteiger partial charge in [-0.1, -0.05) is 55.9 Å². The fraction of sp³-hybridized carbons (Fsp3) is 0.346. The largest absolute Gasteiger partial charge is 0.497 e. The quantitative estimate of drug-likeness (QED) is 0.547. The molecule has 0 saturated carbocycles. The second-order valence-electron chi connectivity index (χ2n) is 8.42. The zero-order valence-electron chi connectivity index (χ0n) is 19.3. The Morgan fingerprint density at radius 2 is 1.94 bits per heavy atom. The highest BCUT2D eigenvalue weighted by molar-refractivity contribution is 8.14. The van der Waals surface area contributed by atoms with Gasteiger partial charge in [-0.25, -0.2) is 4.99 Å². The molecule has 7 heteroatoms. The molecule has 0 aliphatic carbocycles. The number of nitrogens with zero attached hydrogens (tertiary/aromatic N) is 3. The van der Waals surface area contributed by atoms with Crippen molar-refractivity contribution < 1.29 is 14.3 Å². The lowest BCUT2D eigenvalue weighted by atomic mass is 10.0. The smallest absolute Gasteiger partial charge is 0.283 e. The third-order valence-corrected chi connectivity index (χ3v) is 6.73. The number of methoxy groups -OCH3 is 1. The van der Waals surface area contributed by atoms with E-state index in [4.69, 9.17) is 9.73 Å². The van der Waals surface area contributed by atoms with E-state index in [1.807, 2.05) is 47.4 Å². The lowest BCUT2D eigenvalue weighted by molar-refractivity contribution is -0.127. The van der Waals surface area contributed by atoms with E-state index >= 15 is 0 Å². The summed E-state index contributed by atoms with van der Waals surface area (Å²) in [6, 6.07) is 15.6. The molecule has 0 aromatic heterocycles. The Kier molecular flexibility index (Phi) is 7.18. The summed E-state index contributed by atoms with van der Waals surface area (Å²) in [4.78, 5) is 33.5. The highest BCUT2D eigenvalue weighted by atomic mass is 32.2. The molecular weight excluding hydrogens is 434 g/mol. The van der Waals surface area contributed by atoms with Crippen LogP contribution in [0.15, 0.2) is 59.2 Å². The van der Waals surface area contributed by atoms with Crippen LogP contribution in [0, 0.1) is 0 Å². The average molecular weight is 464 g/mol. The van der Waals surface area contributed by atoms with Gasteiger partial charge in [0.25, 0.3) is 5.91 Å². The van der Waals surface area contributed by atoms with Gasteiger partial charge in [-0.2, -0.15) is 0 Å². The van der Waals surface area contributed by atoms with Crippen molar-refractivity contribution in [2.24, 2.45) is 4.99 Å². The first-order valence-electron chi connectivity index (χ1n) is 11.3. The molecule has 0 radical (unpaired) electrons. The standard InChI is InChI=1S/C26H29N3O3S/c1-18(2)20-11-9-19(10-12-20)16-23-25(31)29(21-6-4-7-22(17-21)32-3)26(27-23)33-15-14-28-13-5-8-24(28)30/h4,6-7,9-12,16-18H,5,8,13-15H2,1-3H3/b23-16+. The normalized spacial score (nSPS) is 17.5. The summed E-state index contributed by atoms with van der Waals surface area (Å²) in [5.41, 5.74) is 3.30. The van der Waals surface area contributed by atoms with Crippen molar-refractivity contribution in [3.8, 4) is 5.75 Å². The van der Waals surface area contributed by atoms with Crippen LogP contribution in [0.3, 0.4) is 0 Å². The SMILES string of the molecule is COc1cccc(N2C(=O)/C(=C\c3ccc(C(C)C)cc3)N=C2SCCN2CCCC2=O)c1. The molecule has 33 heavy (non-hydrogen) atoms. The van der Waals surface area contributed by atoms with Crippen molar-refractivity contribution in [1.82, 2.24) is 4.90 Å². The molecule has 0 N–H and O–H groups in total. The Morgan fingerprint density at radius 3 is 2.61 bits per heavy atom. The van der Waals surface area contributed by atoms with Gasteiger partial charge in [-0.15, -0.1) is 0 Å². The number of hydrogen-bond donors (Lipinski definition) is 0. The second-order valence-corrected chi connectivity index (χ2v) is 9.48. The number of hydrogen-bond acceptors (Lipinski definition) is 5. The van der Waals surface area contributed by atoms with Gasteiger partial charge in [-0.3, -0.25) is 14.5 Å². The molecule has 0 spiro atoms. The van der Waals surface area contributed by atoms with Crippen molar-refractivity contribution >= 4 is 40.5 Å². The van der Waals surface area contributed by atoms with Gasteiger partial charge in [0.1, 0.15) is 11.4 Å². The van der Waals surface area contributed by atoms with Crippen LogP contribution in [-0.2, 0) is 9.59 Å². The molecule has 4 rings (SSSR count). The van der Waals surface area contributed by atoms with Crippen molar-refractivity contribution in [2.45, 2.75) is 32.6 Å². The number of amides is 2. The Morgan fingerprint density at radius 1 is 1.15 bits per heavy atom. The molecule has 2 aromatic carbocycles. The summed E-state index contributed by atoms with van der Waals surface area (Å²) in [5.74, 6) is 1.83. The molecule has 0 bridgehead atoms. The van der Waals surface area contributed by atoms with Crippen LogP contribution >= 0.6 is 11.8 Å². The third-order valence-electron chi connectivity index (χ3n) is 5.81. The first kappa shape index (κ1) is 23.1. The van der Waals surface area contributed by atoms with Crippen LogP contribution in [-0.4, -0.2) is 47.8 Å². The summed E-state index contributed by atoms with van der Waals surface area (Å²) < 4.78 is 5.35. The minimum absolute atomic E-state index is 0.170. The van der Waals surface area contributed by atoms with E-state index in [9.17, 15) is 9.59 Å². The topological polar surface area (TPSA) is 62.2 Å². The van der Waals surface area contributed by atoms with E-state index in [-0.39, 0.29) is 11.8 Å². The highest BCUT2D eigenvalue weighted by Gasteiger charge is 2.32. The highest BCUT2D eigenvalue weighted by Crippen LogP contribution is 2.31. The summed E-state index contributed by atoms with van der Waals surface area (Å²) in [6.07, 6.45) is 3.38. The number of carbonyl (C=O) groups is 2. The number of carbonyl (C=O) groups excluding carboxylic acids is 2. The summed E-state index contributed by atoms with van der Waals surface area (Å²) in [5, 5.41) is 0.616. The summed E-state index contributed by atoms with van der Waals surface area (Å²) in [7, 11) is 1.61. The Labute approximate surface area is 199 Å². The lowest BCUT2D eigenvalue weighted by Gasteiger charge is -2.20. The number of likely N-dealkylation sites (tertiary alicyclic amines) is 1. The molecular formula is C26H29N3O3S. The maximum atomic E-state index is 13.4. The molecule has 2 amide bonds. The van der Waals surface area contributed by atoms with Crippen LogP contribution in [0.4, 0.5) is 5.69 Å². The van der Waals surface area contributed by atoms with E-state index < -0.39 is 0 Å². The number of thioether (sulfide) groups is 1. The number of ether oxygens (including phenoxy) is 1. The number of anilines is 1. The van der Waals surface area contributed by atoms with Crippen LogP contribution in [0.25, 0.3) is 6.08 Å². The van der Waals surface area contributed by atoms with Gasteiger partial charge in [0.2, 0.25) is 5.91 Å². The second kappa shape index (κ2) is 10.3. The molecule has 1 fully saturated rings. The molecule has 2 aliphatic rings. The third kappa shape index (κ3) is 5.30. The fourth-order valence-electron chi connectivity index (χ4n) is 3.89. The van der Waals surface area contributed by atoms with E-state index in [0.717, 1.165) is 18.5 Å². The molecule has 2 heterocycles. The number of amidine groups is 1. The van der Waals surface area contributed by atoms with Crippen LogP contribution in [0.5, 0.6) is 5.75 Å². The maximum Gasteiger partial charge on any atom is 0.283 e. The average Bonchev–Trinajstić information content (AvgIpc) is 3.36. The van der Waals surface area contributed by atoms with Gasteiger partial charge in [-0.05, 0) is 41.7 Å². The first-order chi connectivity index (χ1) is 16.0. The monoisotopic (exact) mass is 463 g/mol. The Bertz CT molecular complexity index is 1090. The summed E-state index contributed by atoms with van der Waals surface area (Å²) in [6.45, 7) is 5.77. The summed E-state index contributed by atoms with van der Waals surface area (Å²) >= 11 is 1.49. The minimum atomic E-state index is -0.170.